The molecule has 1 aromatic heterocycles. The molecule has 4 nitrogen and oxygen atoms in total. The van der Waals surface area contributed by atoms with Gasteiger partial charge in [-0.15, -0.1) is 0 Å². The van der Waals surface area contributed by atoms with Crippen LogP contribution in [0, 0.1) is 0 Å². The molecule has 1 unspecified atom stereocenters. The fourth-order valence-electron chi connectivity index (χ4n) is 2.23. The van der Waals surface area contributed by atoms with E-state index < -0.39 is 10.0 Å². The number of aromatic nitrogens is 1. The highest BCUT2D eigenvalue weighted by Gasteiger charge is 2.21. The summed E-state index contributed by atoms with van der Waals surface area (Å²) in [5, 5.41) is 0.389. The Morgan fingerprint density at radius 2 is 1.83 bits per heavy atom. The van der Waals surface area contributed by atoms with Gasteiger partial charge in [0.2, 0.25) is 10.0 Å². The van der Waals surface area contributed by atoms with Crippen LogP contribution >= 0.6 is 11.6 Å². The molecular formula is C17H21ClN2O2S. The number of rotatable bonds is 6. The van der Waals surface area contributed by atoms with Gasteiger partial charge in [0, 0.05) is 19.8 Å². The van der Waals surface area contributed by atoms with E-state index in [2.05, 4.69) is 18.8 Å². The van der Waals surface area contributed by atoms with Crippen LogP contribution in [0.5, 0.6) is 0 Å². The number of benzene rings is 1. The molecule has 0 amide bonds. The van der Waals surface area contributed by atoms with Gasteiger partial charge in [-0.3, -0.25) is 0 Å². The second kappa shape index (κ2) is 7.43. The smallest absolute Gasteiger partial charge is 0.243 e. The van der Waals surface area contributed by atoms with Crippen LogP contribution in [0.25, 0.3) is 0 Å². The first kappa shape index (κ1) is 17.9. The van der Waals surface area contributed by atoms with Crippen LogP contribution in [-0.2, 0) is 16.6 Å². The predicted octanol–water partition coefficient (Wildman–Crippen LogP) is 4.07. The molecule has 0 N–H and O–H groups in total. The zero-order valence-electron chi connectivity index (χ0n) is 13.5. The molecule has 1 heterocycles. The molecule has 0 spiro atoms. The summed E-state index contributed by atoms with van der Waals surface area (Å²) in [5.74, 6) is 0.421. The third-order valence-electron chi connectivity index (χ3n) is 3.96. The summed E-state index contributed by atoms with van der Waals surface area (Å²) in [4.78, 5) is 4.27. The molecule has 23 heavy (non-hydrogen) atoms. The second-order valence-electron chi connectivity index (χ2n) is 5.63. The Morgan fingerprint density at radius 3 is 2.35 bits per heavy atom. The lowest BCUT2D eigenvalue weighted by atomic mass is 9.99. The molecule has 0 saturated carbocycles. The molecule has 0 aliphatic rings. The fourth-order valence-corrected chi connectivity index (χ4v) is 3.50. The van der Waals surface area contributed by atoms with Gasteiger partial charge in [-0.2, -0.15) is 4.31 Å². The average molecular weight is 353 g/mol. The minimum absolute atomic E-state index is 0.250. The third-order valence-corrected chi connectivity index (χ3v) is 6.00. The summed E-state index contributed by atoms with van der Waals surface area (Å²) in [6.45, 7) is 4.49. The number of hydrogen-bond donors (Lipinski definition) is 0. The van der Waals surface area contributed by atoms with Gasteiger partial charge in [-0.05, 0) is 41.7 Å². The molecule has 2 rings (SSSR count). The molecule has 1 aromatic carbocycles. The van der Waals surface area contributed by atoms with Crippen LogP contribution < -0.4 is 0 Å². The first-order valence-corrected chi connectivity index (χ1v) is 9.33. The Balaban J connectivity index is 2.18. The molecule has 124 valence electrons. The van der Waals surface area contributed by atoms with Gasteiger partial charge in [0.15, 0.2) is 0 Å². The van der Waals surface area contributed by atoms with Crippen molar-refractivity contribution >= 4 is 21.6 Å². The Hall–Kier alpha value is -1.43. The van der Waals surface area contributed by atoms with E-state index >= 15 is 0 Å². The number of halogens is 1. The molecule has 0 aliphatic heterocycles. The predicted molar refractivity (Wildman–Crippen MR) is 93.0 cm³/mol. The van der Waals surface area contributed by atoms with Crippen LogP contribution in [0.2, 0.25) is 5.15 Å². The van der Waals surface area contributed by atoms with E-state index in [1.54, 1.807) is 37.5 Å². The van der Waals surface area contributed by atoms with Crippen molar-refractivity contribution in [1.82, 2.24) is 9.29 Å². The zero-order chi connectivity index (χ0) is 17.0. The van der Waals surface area contributed by atoms with E-state index in [0.29, 0.717) is 16.0 Å². The minimum Gasteiger partial charge on any atom is -0.244 e. The topological polar surface area (TPSA) is 50.3 Å². The van der Waals surface area contributed by atoms with Gasteiger partial charge >= 0.3 is 0 Å². The van der Waals surface area contributed by atoms with E-state index in [1.807, 2.05) is 12.1 Å². The van der Waals surface area contributed by atoms with Crippen molar-refractivity contribution in [2.24, 2.45) is 0 Å². The maximum Gasteiger partial charge on any atom is 0.243 e. The summed E-state index contributed by atoms with van der Waals surface area (Å²) in [6, 6.07) is 10.5. The Morgan fingerprint density at radius 1 is 1.17 bits per heavy atom. The molecule has 2 aromatic rings. The maximum atomic E-state index is 12.6. The van der Waals surface area contributed by atoms with Gasteiger partial charge in [0.1, 0.15) is 5.15 Å². The van der Waals surface area contributed by atoms with E-state index in [-0.39, 0.29) is 6.54 Å². The molecule has 6 heteroatoms. The number of sulfonamides is 1. The molecular weight excluding hydrogens is 332 g/mol. The molecule has 0 aliphatic carbocycles. The van der Waals surface area contributed by atoms with Crippen molar-refractivity contribution in [2.45, 2.75) is 37.6 Å². The molecule has 1 atom stereocenters. The fraction of sp³-hybridized carbons (Fsp3) is 0.353. The molecule has 0 radical (unpaired) electrons. The van der Waals surface area contributed by atoms with E-state index in [9.17, 15) is 8.42 Å². The average Bonchev–Trinajstić information content (AvgIpc) is 2.56. The molecule has 0 saturated heterocycles. The van der Waals surface area contributed by atoms with Crippen molar-refractivity contribution in [3.63, 3.8) is 0 Å². The summed E-state index contributed by atoms with van der Waals surface area (Å²) in [6.07, 6.45) is 2.61. The quantitative estimate of drug-likeness (QED) is 0.736. The number of nitrogens with zero attached hydrogens (tertiary/aromatic N) is 2. The highest BCUT2D eigenvalue weighted by Crippen LogP contribution is 2.22. The van der Waals surface area contributed by atoms with E-state index in [1.165, 1.54) is 4.31 Å². The van der Waals surface area contributed by atoms with Crippen molar-refractivity contribution in [3.05, 3.63) is 58.9 Å². The summed E-state index contributed by atoms with van der Waals surface area (Å²) < 4.78 is 26.6. The SMILES string of the molecule is CCC(C)c1ccc(S(=O)(=O)N(C)Cc2ccc(Cl)nc2)cc1. The number of hydrogen-bond acceptors (Lipinski definition) is 3. The normalized spacial score (nSPS) is 13.3. The van der Waals surface area contributed by atoms with Crippen molar-refractivity contribution < 1.29 is 8.42 Å². The highest BCUT2D eigenvalue weighted by molar-refractivity contribution is 7.89. The van der Waals surface area contributed by atoms with Gasteiger partial charge in [0.05, 0.1) is 4.90 Å². The van der Waals surface area contributed by atoms with Crippen LogP contribution in [0.3, 0.4) is 0 Å². The summed E-state index contributed by atoms with van der Waals surface area (Å²) in [5.41, 5.74) is 1.94. The summed E-state index contributed by atoms with van der Waals surface area (Å²) >= 11 is 5.74. The monoisotopic (exact) mass is 352 g/mol. The Kier molecular flexibility index (Phi) is 5.79. The van der Waals surface area contributed by atoms with Crippen molar-refractivity contribution in [1.29, 1.82) is 0 Å². The minimum atomic E-state index is -3.52. The first-order valence-electron chi connectivity index (χ1n) is 7.51. The van der Waals surface area contributed by atoms with Crippen LogP contribution in [0.15, 0.2) is 47.5 Å². The van der Waals surface area contributed by atoms with E-state index in [0.717, 1.165) is 17.5 Å². The zero-order valence-corrected chi connectivity index (χ0v) is 15.1. The standard InChI is InChI=1S/C17H21ClN2O2S/c1-4-13(2)15-6-8-16(9-7-15)23(21,22)20(3)12-14-5-10-17(18)19-11-14/h5-11,13H,4,12H2,1-3H3. The van der Waals surface area contributed by atoms with Gasteiger partial charge in [0.25, 0.3) is 0 Å². The lowest BCUT2D eigenvalue weighted by Crippen LogP contribution is -2.26. The lowest BCUT2D eigenvalue weighted by molar-refractivity contribution is 0.466. The second-order valence-corrected chi connectivity index (χ2v) is 8.06. The molecule has 0 bridgehead atoms. The largest absolute Gasteiger partial charge is 0.244 e. The Bertz CT molecular complexity index is 743. The van der Waals surface area contributed by atoms with Crippen LogP contribution in [0.1, 0.15) is 37.3 Å². The highest BCUT2D eigenvalue weighted by atomic mass is 35.5. The third kappa shape index (κ3) is 4.31. The van der Waals surface area contributed by atoms with Gasteiger partial charge < -0.3 is 0 Å². The maximum absolute atomic E-state index is 12.6. The van der Waals surface area contributed by atoms with Gasteiger partial charge in [-0.25, -0.2) is 13.4 Å². The van der Waals surface area contributed by atoms with Crippen molar-refractivity contribution in [3.8, 4) is 0 Å². The first-order chi connectivity index (χ1) is 10.8. The number of pyridine rings is 1. The van der Waals surface area contributed by atoms with Gasteiger partial charge in [-0.1, -0.05) is 43.6 Å². The van der Waals surface area contributed by atoms with Crippen LogP contribution in [-0.4, -0.2) is 24.8 Å². The lowest BCUT2D eigenvalue weighted by Gasteiger charge is -2.18. The Labute approximate surface area is 143 Å². The molecule has 0 fully saturated rings. The van der Waals surface area contributed by atoms with Crippen molar-refractivity contribution in [2.75, 3.05) is 7.05 Å². The van der Waals surface area contributed by atoms with E-state index in [4.69, 9.17) is 11.6 Å². The summed E-state index contributed by atoms with van der Waals surface area (Å²) in [7, 11) is -1.96. The van der Waals surface area contributed by atoms with Crippen LogP contribution in [0.4, 0.5) is 0 Å².